The van der Waals surface area contributed by atoms with Crippen molar-refractivity contribution < 1.29 is 4.42 Å². The van der Waals surface area contributed by atoms with Crippen molar-refractivity contribution in [3.63, 3.8) is 0 Å². The molecule has 2 heterocycles. The highest BCUT2D eigenvalue weighted by atomic mass is 35.5. The zero-order valence-electron chi connectivity index (χ0n) is 12.2. The van der Waals surface area contributed by atoms with Crippen LogP contribution in [-0.4, -0.2) is 6.54 Å². The van der Waals surface area contributed by atoms with Crippen LogP contribution < -0.4 is 5.32 Å². The minimum Gasteiger partial charge on any atom is -0.457 e. The van der Waals surface area contributed by atoms with Gasteiger partial charge in [0, 0.05) is 10.3 Å². The quantitative estimate of drug-likeness (QED) is 0.667. The first-order chi connectivity index (χ1) is 10.2. The number of hydrogen-bond acceptors (Lipinski definition) is 3. The number of halogens is 1. The van der Waals surface area contributed by atoms with Gasteiger partial charge in [0.15, 0.2) is 5.58 Å². The average molecular weight is 320 g/mol. The molecule has 0 fully saturated rings. The van der Waals surface area contributed by atoms with E-state index in [1.807, 2.05) is 18.2 Å². The first-order valence-corrected chi connectivity index (χ1v) is 8.41. The van der Waals surface area contributed by atoms with Crippen LogP contribution in [0.2, 0.25) is 5.02 Å². The minimum absolute atomic E-state index is 0.0911. The van der Waals surface area contributed by atoms with E-state index < -0.39 is 0 Å². The van der Waals surface area contributed by atoms with E-state index in [-0.39, 0.29) is 6.04 Å². The zero-order valence-corrected chi connectivity index (χ0v) is 13.7. The van der Waals surface area contributed by atoms with Crippen LogP contribution in [0, 0.1) is 6.92 Å². The molecule has 0 aliphatic heterocycles. The maximum absolute atomic E-state index is 6.22. The van der Waals surface area contributed by atoms with Gasteiger partial charge in [-0.3, -0.25) is 0 Å². The lowest BCUT2D eigenvalue weighted by atomic mass is 10.1. The van der Waals surface area contributed by atoms with Gasteiger partial charge in [-0.15, -0.1) is 11.3 Å². The molecule has 2 aromatic heterocycles. The predicted octanol–water partition coefficient (Wildman–Crippen LogP) is 5.55. The van der Waals surface area contributed by atoms with Crippen molar-refractivity contribution in [3.8, 4) is 0 Å². The Morgan fingerprint density at radius 3 is 2.86 bits per heavy atom. The molecule has 1 atom stereocenters. The Balaban J connectivity index is 2.05. The Hall–Kier alpha value is -1.29. The number of fused-ring (bicyclic) bond motifs is 1. The van der Waals surface area contributed by atoms with Gasteiger partial charge in [-0.05, 0) is 49.0 Å². The lowest BCUT2D eigenvalue weighted by Crippen LogP contribution is -2.22. The maximum Gasteiger partial charge on any atom is 0.152 e. The third-order valence-corrected chi connectivity index (χ3v) is 4.94. The van der Waals surface area contributed by atoms with Crippen LogP contribution in [0.4, 0.5) is 0 Å². The van der Waals surface area contributed by atoms with E-state index in [1.54, 1.807) is 11.3 Å². The number of rotatable bonds is 5. The molecule has 3 aromatic rings. The average Bonchev–Trinajstić information content (AvgIpc) is 3.07. The molecule has 0 saturated carbocycles. The molecule has 0 aliphatic carbocycles. The molecule has 0 saturated heterocycles. The van der Waals surface area contributed by atoms with Crippen LogP contribution in [0.15, 0.2) is 40.1 Å². The molecule has 0 aliphatic rings. The van der Waals surface area contributed by atoms with Gasteiger partial charge in [0.25, 0.3) is 0 Å². The van der Waals surface area contributed by atoms with E-state index in [0.29, 0.717) is 5.02 Å². The van der Waals surface area contributed by atoms with Crippen LogP contribution in [0.5, 0.6) is 0 Å². The Morgan fingerprint density at radius 2 is 2.19 bits per heavy atom. The van der Waals surface area contributed by atoms with Crippen LogP contribution in [-0.2, 0) is 0 Å². The summed E-state index contributed by atoms with van der Waals surface area (Å²) in [7, 11) is 0. The van der Waals surface area contributed by atoms with E-state index in [0.717, 1.165) is 29.7 Å². The van der Waals surface area contributed by atoms with Crippen molar-refractivity contribution in [1.82, 2.24) is 5.32 Å². The lowest BCUT2D eigenvalue weighted by Gasteiger charge is -2.15. The molecule has 3 rings (SSSR count). The molecule has 4 heteroatoms. The summed E-state index contributed by atoms with van der Waals surface area (Å²) in [6, 6.07) is 10.2. The number of thiophene rings is 1. The lowest BCUT2D eigenvalue weighted by molar-refractivity contribution is 0.472. The van der Waals surface area contributed by atoms with E-state index in [1.165, 1.54) is 10.4 Å². The Labute approximate surface area is 133 Å². The highest BCUT2D eigenvalue weighted by molar-refractivity contribution is 7.10. The van der Waals surface area contributed by atoms with Crippen LogP contribution in [0.1, 0.15) is 35.6 Å². The molecule has 1 aromatic carbocycles. The Kier molecular flexibility index (Phi) is 4.34. The molecule has 1 N–H and O–H groups in total. The highest BCUT2D eigenvalue weighted by Crippen LogP contribution is 2.34. The second-order valence-corrected chi connectivity index (χ2v) is 6.52. The zero-order chi connectivity index (χ0) is 14.8. The topological polar surface area (TPSA) is 25.2 Å². The standard InChI is InChI=1S/C17H18ClNOS/c1-3-8-19-15(17-11(2)7-9-21-17)14-10-12-5-4-6-13(18)16(12)20-14/h4-7,9-10,15,19H,3,8H2,1-2H3. The molecule has 21 heavy (non-hydrogen) atoms. The van der Waals surface area contributed by atoms with Gasteiger partial charge < -0.3 is 9.73 Å². The number of hydrogen-bond donors (Lipinski definition) is 1. The number of benzene rings is 1. The van der Waals surface area contributed by atoms with Gasteiger partial charge in [-0.1, -0.05) is 30.7 Å². The van der Waals surface area contributed by atoms with Crippen molar-refractivity contribution in [2.45, 2.75) is 26.3 Å². The van der Waals surface area contributed by atoms with Crippen LogP contribution >= 0.6 is 22.9 Å². The summed E-state index contributed by atoms with van der Waals surface area (Å²) in [5.41, 5.74) is 2.06. The fourth-order valence-electron chi connectivity index (χ4n) is 2.48. The van der Waals surface area contributed by atoms with Crippen molar-refractivity contribution in [2.24, 2.45) is 0 Å². The maximum atomic E-state index is 6.22. The van der Waals surface area contributed by atoms with Crippen LogP contribution in [0.25, 0.3) is 11.0 Å². The molecule has 0 bridgehead atoms. The smallest absolute Gasteiger partial charge is 0.152 e. The number of para-hydroxylation sites is 1. The predicted molar refractivity (Wildman–Crippen MR) is 90.4 cm³/mol. The molecular weight excluding hydrogens is 302 g/mol. The van der Waals surface area contributed by atoms with Gasteiger partial charge in [0.05, 0.1) is 5.02 Å². The second kappa shape index (κ2) is 6.22. The van der Waals surface area contributed by atoms with Crippen molar-refractivity contribution in [1.29, 1.82) is 0 Å². The molecule has 0 amide bonds. The van der Waals surface area contributed by atoms with Crippen molar-refractivity contribution in [2.75, 3.05) is 6.54 Å². The summed E-state index contributed by atoms with van der Waals surface area (Å²) in [6.07, 6.45) is 1.09. The third-order valence-electron chi connectivity index (χ3n) is 3.56. The number of nitrogens with one attached hydrogen (secondary N) is 1. The van der Waals surface area contributed by atoms with Gasteiger partial charge >= 0.3 is 0 Å². The molecule has 0 spiro atoms. The van der Waals surface area contributed by atoms with Gasteiger partial charge in [0.2, 0.25) is 0 Å². The van der Waals surface area contributed by atoms with E-state index in [2.05, 4.69) is 36.7 Å². The third kappa shape index (κ3) is 2.86. The molecular formula is C17H18ClNOS. The monoisotopic (exact) mass is 319 g/mol. The fraction of sp³-hybridized carbons (Fsp3) is 0.294. The van der Waals surface area contributed by atoms with E-state index in [4.69, 9.17) is 16.0 Å². The summed E-state index contributed by atoms with van der Waals surface area (Å²) < 4.78 is 6.05. The summed E-state index contributed by atoms with van der Waals surface area (Å²) >= 11 is 7.99. The molecule has 110 valence electrons. The Bertz CT molecular complexity index is 746. The Morgan fingerprint density at radius 1 is 1.33 bits per heavy atom. The van der Waals surface area contributed by atoms with Gasteiger partial charge in [-0.2, -0.15) is 0 Å². The summed E-state index contributed by atoms with van der Waals surface area (Å²) in [6.45, 7) is 5.26. The first-order valence-electron chi connectivity index (χ1n) is 7.16. The first kappa shape index (κ1) is 14.6. The van der Waals surface area contributed by atoms with Gasteiger partial charge in [0.1, 0.15) is 11.8 Å². The molecule has 0 radical (unpaired) electrons. The summed E-state index contributed by atoms with van der Waals surface area (Å²) in [4.78, 5) is 1.30. The minimum atomic E-state index is 0.0911. The normalized spacial score (nSPS) is 12.9. The van der Waals surface area contributed by atoms with E-state index in [9.17, 15) is 0 Å². The van der Waals surface area contributed by atoms with Crippen molar-refractivity contribution >= 4 is 33.9 Å². The molecule has 1 unspecified atom stereocenters. The number of furan rings is 1. The largest absolute Gasteiger partial charge is 0.457 e. The van der Waals surface area contributed by atoms with Crippen LogP contribution in [0.3, 0.4) is 0 Å². The number of aryl methyl sites for hydroxylation is 1. The second-order valence-electron chi connectivity index (χ2n) is 5.16. The summed E-state index contributed by atoms with van der Waals surface area (Å²) in [5, 5.41) is 7.42. The SMILES string of the molecule is CCCNC(c1cc2cccc(Cl)c2o1)c1sccc1C. The van der Waals surface area contributed by atoms with E-state index >= 15 is 0 Å². The molecule has 2 nitrogen and oxygen atoms in total. The summed E-state index contributed by atoms with van der Waals surface area (Å²) in [5.74, 6) is 0.928. The van der Waals surface area contributed by atoms with Gasteiger partial charge in [-0.25, -0.2) is 0 Å². The highest BCUT2D eigenvalue weighted by Gasteiger charge is 2.21. The fourth-order valence-corrected chi connectivity index (χ4v) is 3.71. The van der Waals surface area contributed by atoms with Crippen molar-refractivity contribution in [3.05, 3.63) is 56.9 Å².